The summed E-state index contributed by atoms with van der Waals surface area (Å²) >= 11 is 0. The van der Waals surface area contributed by atoms with Crippen LogP contribution in [0.5, 0.6) is 5.75 Å². The van der Waals surface area contributed by atoms with Crippen LogP contribution in [-0.2, 0) is 6.42 Å². The zero-order chi connectivity index (χ0) is 12.3. The van der Waals surface area contributed by atoms with Crippen molar-refractivity contribution in [1.29, 1.82) is 0 Å². The zero-order valence-electron chi connectivity index (χ0n) is 10.3. The SMILES string of the molecule is CCC(N)Cc1ccc(OCC2CC2)c(F)c1. The first-order valence-electron chi connectivity index (χ1n) is 6.36. The van der Waals surface area contributed by atoms with Gasteiger partial charge in [-0.2, -0.15) is 0 Å². The molecule has 0 saturated heterocycles. The summed E-state index contributed by atoms with van der Waals surface area (Å²) in [5.74, 6) is 0.736. The first kappa shape index (κ1) is 12.4. The maximum absolute atomic E-state index is 13.7. The molecule has 0 amide bonds. The van der Waals surface area contributed by atoms with Gasteiger partial charge in [-0.05, 0) is 49.3 Å². The lowest BCUT2D eigenvalue weighted by Gasteiger charge is -2.11. The Morgan fingerprint density at radius 2 is 2.24 bits per heavy atom. The van der Waals surface area contributed by atoms with Gasteiger partial charge in [0.15, 0.2) is 11.6 Å². The third kappa shape index (κ3) is 3.70. The molecule has 0 aliphatic heterocycles. The molecule has 1 aromatic carbocycles. The molecule has 1 aliphatic carbocycles. The molecule has 0 heterocycles. The van der Waals surface area contributed by atoms with E-state index in [0.717, 1.165) is 18.4 Å². The fourth-order valence-corrected chi connectivity index (χ4v) is 1.73. The Morgan fingerprint density at radius 1 is 1.47 bits per heavy atom. The Hall–Kier alpha value is -1.09. The van der Waals surface area contributed by atoms with E-state index in [1.807, 2.05) is 13.0 Å². The maximum Gasteiger partial charge on any atom is 0.165 e. The van der Waals surface area contributed by atoms with Crippen molar-refractivity contribution in [3.05, 3.63) is 29.6 Å². The van der Waals surface area contributed by atoms with Gasteiger partial charge in [0.2, 0.25) is 0 Å². The summed E-state index contributed by atoms with van der Waals surface area (Å²) in [5.41, 5.74) is 6.79. The number of nitrogens with two attached hydrogens (primary N) is 1. The molecule has 1 aromatic rings. The molecule has 17 heavy (non-hydrogen) atoms. The second-order valence-electron chi connectivity index (χ2n) is 4.89. The minimum absolute atomic E-state index is 0.104. The van der Waals surface area contributed by atoms with Crippen LogP contribution in [0.25, 0.3) is 0 Å². The highest BCUT2D eigenvalue weighted by molar-refractivity contribution is 5.29. The summed E-state index contributed by atoms with van der Waals surface area (Å²) < 4.78 is 19.2. The Labute approximate surface area is 102 Å². The molecule has 94 valence electrons. The Kier molecular flexibility index (Phi) is 4.00. The quantitative estimate of drug-likeness (QED) is 0.825. The van der Waals surface area contributed by atoms with Gasteiger partial charge in [-0.15, -0.1) is 0 Å². The van der Waals surface area contributed by atoms with Crippen molar-refractivity contribution in [2.24, 2.45) is 11.7 Å². The fourth-order valence-electron chi connectivity index (χ4n) is 1.73. The van der Waals surface area contributed by atoms with Gasteiger partial charge in [0, 0.05) is 6.04 Å². The van der Waals surface area contributed by atoms with Crippen LogP contribution in [0, 0.1) is 11.7 Å². The molecular weight excluding hydrogens is 217 g/mol. The second kappa shape index (κ2) is 5.50. The lowest BCUT2D eigenvalue weighted by molar-refractivity contribution is 0.285. The standard InChI is InChI=1S/C14H20FNO/c1-2-12(16)7-11-5-6-14(13(15)8-11)17-9-10-3-4-10/h5-6,8,10,12H,2-4,7,9,16H2,1H3. The lowest BCUT2D eigenvalue weighted by atomic mass is 10.0. The number of hydrogen-bond donors (Lipinski definition) is 1. The molecule has 1 atom stereocenters. The number of rotatable bonds is 6. The molecular formula is C14H20FNO. The monoisotopic (exact) mass is 237 g/mol. The van der Waals surface area contributed by atoms with Crippen molar-refractivity contribution in [2.75, 3.05) is 6.61 Å². The van der Waals surface area contributed by atoms with Gasteiger partial charge >= 0.3 is 0 Å². The summed E-state index contributed by atoms with van der Waals surface area (Å²) in [7, 11) is 0. The number of ether oxygens (including phenoxy) is 1. The lowest BCUT2D eigenvalue weighted by Crippen LogP contribution is -2.21. The van der Waals surface area contributed by atoms with E-state index in [4.69, 9.17) is 10.5 Å². The topological polar surface area (TPSA) is 35.2 Å². The Morgan fingerprint density at radius 3 is 2.82 bits per heavy atom. The third-order valence-electron chi connectivity index (χ3n) is 3.19. The van der Waals surface area contributed by atoms with Crippen molar-refractivity contribution < 1.29 is 9.13 Å². The highest BCUT2D eigenvalue weighted by Gasteiger charge is 2.22. The van der Waals surface area contributed by atoms with Crippen molar-refractivity contribution in [2.45, 2.75) is 38.6 Å². The van der Waals surface area contributed by atoms with E-state index in [2.05, 4.69) is 0 Å². The minimum Gasteiger partial charge on any atom is -0.490 e. The average Bonchev–Trinajstić information content (AvgIpc) is 3.12. The van der Waals surface area contributed by atoms with Crippen LogP contribution >= 0.6 is 0 Å². The second-order valence-corrected chi connectivity index (χ2v) is 4.89. The molecule has 1 unspecified atom stereocenters. The van der Waals surface area contributed by atoms with Crippen molar-refractivity contribution in [1.82, 2.24) is 0 Å². The molecule has 2 N–H and O–H groups in total. The van der Waals surface area contributed by atoms with Gasteiger partial charge in [0.1, 0.15) is 0 Å². The van der Waals surface area contributed by atoms with Crippen LogP contribution in [0.15, 0.2) is 18.2 Å². The van der Waals surface area contributed by atoms with Crippen molar-refractivity contribution in [3.63, 3.8) is 0 Å². The van der Waals surface area contributed by atoms with Crippen molar-refractivity contribution in [3.8, 4) is 5.75 Å². The van der Waals surface area contributed by atoms with Gasteiger partial charge < -0.3 is 10.5 Å². The predicted molar refractivity (Wildman–Crippen MR) is 66.6 cm³/mol. The molecule has 0 spiro atoms. The predicted octanol–water partition coefficient (Wildman–Crippen LogP) is 2.89. The number of halogens is 1. The molecule has 2 rings (SSSR count). The fraction of sp³-hybridized carbons (Fsp3) is 0.571. The highest BCUT2D eigenvalue weighted by Crippen LogP contribution is 2.30. The number of hydrogen-bond acceptors (Lipinski definition) is 2. The molecule has 1 aliphatic rings. The van der Waals surface area contributed by atoms with E-state index in [1.54, 1.807) is 6.07 Å². The Balaban J connectivity index is 1.94. The largest absolute Gasteiger partial charge is 0.490 e. The van der Waals surface area contributed by atoms with Gasteiger partial charge in [-0.1, -0.05) is 13.0 Å². The minimum atomic E-state index is -0.272. The first-order valence-corrected chi connectivity index (χ1v) is 6.36. The maximum atomic E-state index is 13.7. The highest BCUT2D eigenvalue weighted by atomic mass is 19.1. The van der Waals surface area contributed by atoms with Crippen LogP contribution < -0.4 is 10.5 Å². The average molecular weight is 237 g/mol. The molecule has 0 aromatic heterocycles. The van der Waals surface area contributed by atoms with Gasteiger partial charge in [-0.25, -0.2) is 4.39 Å². The van der Waals surface area contributed by atoms with E-state index in [1.165, 1.54) is 18.9 Å². The molecule has 1 saturated carbocycles. The van der Waals surface area contributed by atoms with E-state index >= 15 is 0 Å². The smallest absolute Gasteiger partial charge is 0.165 e. The van der Waals surface area contributed by atoms with Crippen LogP contribution in [0.1, 0.15) is 31.7 Å². The van der Waals surface area contributed by atoms with E-state index in [-0.39, 0.29) is 11.9 Å². The molecule has 0 radical (unpaired) electrons. The normalized spacial score (nSPS) is 16.9. The zero-order valence-corrected chi connectivity index (χ0v) is 10.3. The first-order chi connectivity index (χ1) is 8.19. The van der Waals surface area contributed by atoms with E-state index < -0.39 is 0 Å². The summed E-state index contributed by atoms with van der Waals surface area (Å²) in [5, 5.41) is 0. The van der Waals surface area contributed by atoms with E-state index in [0.29, 0.717) is 18.3 Å². The molecule has 3 heteroatoms. The number of benzene rings is 1. The van der Waals surface area contributed by atoms with Crippen LogP contribution in [-0.4, -0.2) is 12.6 Å². The molecule has 2 nitrogen and oxygen atoms in total. The summed E-state index contributed by atoms with van der Waals surface area (Å²) in [4.78, 5) is 0. The summed E-state index contributed by atoms with van der Waals surface area (Å²) in [6, 6.07) is 5.27. The van der Waals surface area contributed by atoms with E-state index in [9.17, 15) is 4.39 Å². The summed E-state index contributed by atoms with van der Waals surface area (Å²) in [6.07, 6.45) is 4.05. The Bertz CT molecular complexity index is 376. The van der Waals surface area contributed by atoms with Gasteiger partial charge in [-0.3, -0.25) is 0 Å². The van der Waals surface area contributed by atoms with Crippen molar-refractivity contribution >= 4 is 0 Å². The van der Waals surface area contributed by atoms with Crippen LogP contribution in [0.4, 0.5) is 4.39 Å². The molecule has 0 bridgehead atoms. The molecule has 1 fully saturated rings. The third-order valence-corrected chi connectivity index (χ3v) is 3.19. The van der Waals surface area contributed by atoms with Gasteiger partial charge in [0.25, 0.3) is 0 Å². The van der Waals surface area contributed by atoms with Crippen LogP contribution in [0.2, 0.25) is 0 Å². The van der Waals surface area contributed by atoms with Crippen LogP contribution in [0.3, 0.4) is 0 Å². The van der Waals surface area contributed by atoms with Gasteiger partial charge in [0.05, 0.1) is 6.61 Å². The summed E-state index contributed by atoms with van der Waals surface area (Å²) in [6.45, 7) is 2.68.